The third kappa shape index (κ3) is 5.20. The summed E-state index contributed by atoms with van der Waals surface area (Å²) >= 11 is 5.82. The van der Waals surface area contributed by atoms with Gasteiger partial charge in [-0.05, 0) is 39.8 Å². The first-order valence-electron chi connectivity index (χ1n) is 9.82. The molecule has 0 aliphatic heterocycles. The first kappa shape index (κ1) is 23.9. The van der Waals surface area contributed by atoms with Crippen LogP contribution in [0.2, 0.25) is 5.02 Å². The molecule has 10 nitrogen and oxygen atoms in total. The summed E-state index contributed by atoms with van der Waals surface area (Å²) < 4.78 is 19.3. The van der Waals surface area contributed by atoms with Crippen LogP contribution < -0.4 is 10.2 Å². The molecule has 3 aromatic rings. The van der Waals surface area contributed by atoms with Crippen molar-refractivity contribution in [3.8, 4) is 5.75 Å². The lowest BCUT2D eigenvalue weighted by atomic mass is 10.1. The van der Waals surface area contributed by atoms with E-state index in [1.165, 1.54) is 30.6 Å². The highest BCUT2D eigenvalue weighted by Crippen LogP contribution is 2.36. The number of aromatic nitrogens is 2. The van der Waals surface area contributed by atoms with Crippen molar-refractivity contribution in [2.24, 2.45) is 0 Å². The molecule has 174 valence electrons. The van der Waals surface area contributed by atoms with Gasteiger partial charge in [0, 0.05) is 12.1 Å². The lowest BCUT2D eigenvalue weighted by molar-refractivity contribution is -0.386. The molecular formula is C21H21ClFN5O5. The molecule has 0 saturated heterocycles. The third-order valence-corrected chi connectivity index (χ3v) is 4.64. The molecule has 0 unspecified atom stereocenters. The van der Waals surface area contributed by atoms with E-state index in [1.54, 1.807) is 33.8 Å². The topological polar surface area (TPSA) is 120 Å². The molecule has 0 atom stereocenters. The van der Waals surface area contributed by atoms with Gasteiger partial charge >= 0.3 is 11.8 Å². The predicted octanol–water partition coefficient (Wildman–Crippen LogP) is 5.62. The van der Waals surface area contributed by atoms with E-state index in [9.17, 15) is 19.3 Å². The van der Waals surface area contributed by atoms with Gasteiger partial charge in [-0.15, -0.1) is 5.06 Å². The monoisotopic (exact) mass is 477 g/mol. The molecule has 33 heavy (non-hydrogen) atoms. The predicted molar refractivity (Wildman–Crippen MR) is 120 cm³/mol. The first-order valence-corrected chi connectivity index (χ1v) is 10.2. The second kappa shape index (κ2) is 9.41. The molecule has 2 aromatic carbocycles. The number of hydrogen-bond acceptors (Lipinski definition) is 8. The maximum atomic E-state index is 14.3. The first-order chi connectivity index (χ1) is 15.5. The molecule has 12 heteroatoms. The van der Waals surface area contributed by atoms with Crippen molar-refractivity contribution in [3.05, 3.63) is 57.6 Å². The van der Waals surface area contributed by atoms with Crippen molar-refractivity contribution in [1.82, 2.24) is 15.0 Å². The largest absolute Gasteiger partial charge is 0.448 e. The number of rotatable bonds is 6. The molecule has 0 spiro atoms. The minimum absolute atomic E-state index is 0.0340. The van der Waals surface area contributed by atoms with Crippen LogP contribution in [0.15, 0.2) is 36.7 Å². The molecule has 1 N–H and O–H groups in total. The van der Waals surface area contributed by atoms with E-state index >= 15 is 0 Å². The highest BCUT2D eigenvalue weighted by molar-refractivity contribution is 6.31. The highest BCUT2D eigenvalue weighted by Gasteiger charge is 2.33. The van der Waals surface area contributed by atoms with Gasteiger partial charge in [0.05, 0.1) is 38.7 Å². The van der Waals surface area contributed by atoms with Crippen LogP contribution in [0, 0.1) is 15.9 Å². The Morgan fingerprint density at radius 1 is 1.30 bits per heavy atom. The van der Waals surface area contributed by atoms with Crippen molar-refractivity contribution in [1.29, 1.82) is 0 Å². The fourth-order valence-electron chi connectivity index (χ4n) is 2.84. The lowest BCUT2D eigenvalue weighted by Gasteiger charge is -2.32. The fraction of sp³-hybridized carbons (Fsp3) is 0.286. The Hall–Kier alpha value is -3.73. The summed E-state index contributed by atoms with van der Waals surface area (Å²) in [4.78, 5) is 37.4. The summed E-state index contributed by atoms with van der Waals surface area (Å²) in [6.45, 7) is 6.77. The van der Waals surface area contributed by atoms with E-state index in [4.69, 9.17) is 21.2 Å². The zero-order valence-corrected chi connectivity index (χ0v) is 19.0. The number of hydrogen-bond donors (Lipinski definition) is 1. The molecule has 0 saturated carbocycles. The number of nitrogens with one attached hydrogen (secondary N) is 1. The van der Waals surface area contributed by atoms with Crippen LogP contribution in [0.1, 0.15) is 27.7 Å². The van der Waals surface area contributed by atoms with Crippen LogP contribution in [0.5, 0.6) is 5.75 Å². The van der Waals surface area contributed by atoms with Crippen LogP contribution in [-0.2, 0) is 4.74 Å². The Labute approximate surface area is 193 Å². The van der Waals surface area contributed by atoms with E-state index in [-0.39, 0.29) is 39.8 Å². The molecule has 0 fully saturated rings. The van der Waals surface area contributed by atoms with E-state index in [0.717, 1.165) is 5.06 Å². The van der Waals surface area contributed by atoms with Crippen molar-refractivity contribution in [2.75, 3.05) is 11.9 Å². The average Bonchev–Trinajstić information content (AvgIpc) is 2.74. The third-order valence-electron chi connectivity index (χ3n) is 4.35. The number of anilines is 2. The Morgan fingerprint density at radius 2 is 2.03 bits per heavy atom. The summed E-state index contributed by atoms with van der Waals surface area (Å²) in [5.74, 6) is -0.807. The van der Waals surface area contributed by atoms with Crippen LogP contribution >= 0.6 is 11.6 Å². The highest BCUT2D eigenvalue weighted by atomic mass is 35.5. The zero-order valence-electron chi connectivity index (χ0n) is 18.3. The lowest BCUT2D eigenvalue weighted by Crippen LogP contribution is -2.48. The Balaban J connectivity index is 2.10. The number of amides is 1. The van der Waals surface area contributed by atoms with Gasteiger partial charge in [0.25, 0.3) is 0 Å². The molecule has 1 heterocycles. The molecule has 0 aliphatic carbocycles. The van der Waals surface area contributed by atoms with Crippen molar-refractivity contribution in [2.45, 2.75) is 33.2 Å². The van der Waals surface area contributed by atoms with E-state index < -0.39 is 28.1 Å². The minimum Gasteiger partial charge on any atom is -0.448 e. The maximum absolute atomic E-state index is 14.3. The Kier molecular flexibility index (Phi) is 6.82. The van der Waals surface area contributed by atoms with E-state index in [1.807, 2.05) is 0 Å². The molecular weight excluding hydrogens is 457 g/mol. The van der Waals surface area contributed by atoms with Crippen molar-refractivity contribution in [3.63, 3.8) is 0 Å². The quantitative estimate of drug-likeness (QED) is 0.358. The number of carbonyl (C=O) groups is 1. The second-order valence-electron chi connectivity index (χ2n) is 7.80. The van der Waals surface area contributed by atoms with Crippen molar-refractivity contribution >= 4 is 45.8 Å². The van der Waals surface area contributed by atoms with Gasteiger partial charge in [0.15, 0.2) is 5.82 Å². The normalized spacial score (nSPS) is 11.2. The molecule has 0 radical (unpaired) electrons. The molecule has 1 amide bonds. The van der Waals surface area contributed by atoms with Gasteiger partial charge in [-0.1, -0.05) is 17.7 Å². The average molecular weight is 478 g/mol. The van der Waals surface area contributed by atoms with E-state index in [2.05, 4.69) is 15.3 Å². The SMILES string of the molecule is CCOC(=O)N(Oc1cc2ncnc(Nc3cccc(Cl)c3F)c2cc1[N+](=O)[O-])C(C)(C)C. The number of benzene rings is 2. The standard InChI is InChI=1S/C21H21ClFN5O5/c1-5-32-20(29)27(21(2,3)4)33-17-10-15-12(9-16(17)28(30)31)19(25-11-24-15)26-14-8-6-7-13(22)18(14)23/h6-11H,5H2,1-4H3,(H,24,25,26). The van der Waals surface area contributed by atoms with Gasteiger partial charge in [-0.2, -0.15) is 0 Å². The molecule has 0 aliphatic rings. The van der Waals surface area contributed by atoms with Crippen LogP contribution in [0.4, 0.5) is 26.4 Å². The number of nitrogens with zero attached hydrogens (tertiary/aromatic N) is 4. The second-order valence-corrected chi connectivity index (χ2v) is 8.21. The number of halogens is 2. The summed E-state index contributed by atoms with van der Waals surface area (Å²) in [5.41, 5.74) is -1.04. The number of ether oxygens (including phenoxy) is 1. The minimum atomic E-state index is -0.877. The Bertz CT molecular complexity index is 1220. The molecule has 3 rings (SSSR count). The number of carbonyl (C=O) groups excluding carboxylic acids is 1. The smallest absolute Gasteiger partial charge is 0.443 e. The summed E-state index contributed by atoms with van der Waals surface area (Å²) in [5, 5.41) is 15.6. The van der Waals surface area contributed by atoms with Gasteiger partial charge in [0.2, 0.25) is 5.75 Å². The number of nitro benzene ring substituents is 1. The molecule has 0 bridgehead atoms. The fourth-order valence-corrected chi connectivity index (χ4v) is 3.02. The summed E-state index contributed by atoms with van der Waals surface area (Å²) in [6.07, 6.45) is 0.399. The summed E-state index contributed by atoms with van der Waals surface area (Å²) in [7, 11) is 0. The van der Waals surface area contributed by atoms with Crippen LogP contribution in [-0.4, -0.2) is 38.2 Å². The van der Waals surface area contributed by atoms with Crippen LogP contribution in [0.3, 0.4) is 0 Å². The van der Waals surface area contributed by atoms with Gasteiger partial charge in [-0.25, -0.2) is 19.2 Å². The number of hydroxylamine groups is 2. The van der Waals surface area contributed by atoms with Gasteiger partial charge in [0.1, 0.15) is 12.1 Å². The van der Waals surface area contributed by atoms with Gasteiger partial charge < -0.3 is 14.9 Å². The maximum Gasteiger partial charge on any atom is 0.443 e. The van der Waals surface area contributed by atoms with Gasteiger partial charge in [-0.3, -0.25) is 10.1 Å². The van der Waals surface area contributed by atoms with E-state index in [0.29, 0.717) is 0 Å². The number of fused-ring (bicyclic) bond motifs is 1. The van der Waals surface area contributed by atoms with Crippen molar-refractivity contribution < 1.29 is 23.7 Å². The van der Waals surface area contributed by atoms with Crippen LogP contribution in [0.25, 0.3) is 10.9 Å². The Morgan fingerprint density at radius 3 is 2.67 bits per heavy atom. The zero-order chi connectivity index (χ0) is 24.3. The number of nitro groups is 1. The summed E-state index contributed by atoms with van der Waals surface area (Å²) in [6, 6.07) is 6.86. The molecule has 1 aromatic heterocycles.